The Labute approximate surface area is 133 Å². The molecule has 2 fully saturated rings. The van der Waals surface area contributed by atoms with Gasteiger partial charge in [0, 0.05) is 12.6 Å². The van der Waals surface area contributed by atoms with Crippen LogP contribution in [-0.4, -0.2) is 30.5 Å². The molecule has 1 heterocycles. The van der Waals surface area contributed by atoms with Crippen LogP contribution in [0.1, 0.15) is 45.6 Å². The van der Waals surface area contributed by atoms with Crippen molar-refractivity contribution in [2.45, 2.75) is 52.5 Å². The summed E-state index contributed by atoms with van der Waals surface area (Å²) in [6.07, 6.45) is 4.03. The number of likely N-dealkylation sites (tertiary alicyclic amines) is 1. The molecular weight excluding hydrogens is 274 g/mol. The number of amides is 1. The van der Waals surface area contributed by atoms with Gasteiger partial charge in [-0.3, -0.25) is 4.79 Å². The second kappa shape index (κ2) is 5.29. The van der Waals surface area contributed by atoms with Crippen LogP contribution in [0.4, 0.5) is 0 Å². The zero-order chi connectivity index (χ0) is 16.0. The van der Waals surface area contributed by atoms with Crippen molar-refractivity contribution < 1.29 is 9.53 Å². The molecule has 2 bridgehead atoms. The van der Waals surface area contributed by atoms with Gasteiger partial charge in [0.15, 0.2) is 0 Å². The Morgan fingerprint density at radius 2 is 1.91 bits per heavy atom. The minimum Gasteiger partial charge on any atom is -0.497 e. The maximum Gasteiger partial charge on any atom is 0.227 e. The molecule has 22 heavy (non-hydrogen) atoms. The Morgan fingerprint density at radius 1 is 1.23 bits per heavy atom. The predicted molar refractivity (Wildman–Crippen MR) is 87.9 cm³/mol. The number of methoxy groups -OCH3 is 1. The van der Waals surface area contributed by atoms with E-state index in [1.165, 1.54) is 12.8 Å². The molecule has 0 aromatic heterocycles. The zero-order valence-electron chi connectivity index (χ0n) is 14.2. The summed E-state index contributed by atoms with van der Waals surface area (Å²) < 4.78 is 5.17. The second-order valence-electron chi connectivity index (χ2n) is 8.26. The average molecular weight is 301 g/mol. The molecule has 1 amide bonds. The van der Waals surface area contributed by atoms with Crippen LogP contribution in [0.3, 0.4) is 0 Å². The van der Waals surface area contributed by atoms with Crippen LogP contribution in [-0.2, 0) is 11.2 Å². The lowest BCUT2D eigenvalue weighted by atomic mass is 9.65. The summed E-state index contributed by atoms with van der Waals surface area (Å²) in [7, 11) is 1.66. The molecule has 0 N–H and O–H groups in total. The van der Waals surface area contributed by atoms with E-state index in [1.54, 1.807) is 7.11 Å². The highest BCUT2D eigenvalue weighted by atomic mass is 16.5. The largest absolute Gasteiger partial charge is 0.497 e. The highest BCUT2D eigenvalue weighted by Crippen LogP contribution is 2.52. The van der Waals surface area contributed by atoms with Gasteiger partial charge in [0.05, 0.1) is 13.5 Å². The number of nitrogens with zero attached hydrogens (tertiary/aromatic N) is 1. The van der Waals surface area contributed by atoms with Crippen LogP contribution in [0.25, 0.3) is 0 Å². The van der Waals surface area contributed by atoms with E-state index in [-0.39, 0.29) is 5.91 Å². The third-order valence-corrected chi connectivity index (χ3v) is 5.25. The van der Waals surface area contributed by atoms with Crippen molar-refractivity contribution in [1.82, 2.24) is 4.90 Å². The molecule has 1 aromatic carbocycles. The number of fused-ring (bicyclic) bond motifs is 2. The quantitative estimate of drug-likeness (QED) is 0.852. The monoisotopic (exact) mass is 301 g/mol. The minimum atomic E-state index is 0.275. The molecule has 1 aromatic rings. The van der Waals surface area contributed by atoms with E-state index < -0.39 is 0 Å². The minimum absolute atomic E-state index is 0.275. The number of ether oxygens (including phenoxy) is 1. The topological polar surface area (TPSA) is 29.5 Å². The van der Waals surface area contributed by atoms with Crippen molar-refractivity contribution in [1.29, 1.82) is 0 Å². The van der Waals surface area contributed by atoms with Gasteiger partial charge < -0.3 is 9.64 Å². The van der Waals surface area contributed by atoms with Crippen molar-refractivity contribution in [3.8, 4) is 5.75 Å². The number of benzene rings is 1. The Bertz CT molecular complexity index is 563. The molecule has 0 spiro atoms. The molecule has 120 valence electrons. The number of rotatable bonds is 3. The summed E-state index contributed by atoms with van der Waals surface area (Å²) in [5, 5.41) is 0. The van der Waals surface area contributed by atoms with Crippen LogP contribution >= 0.6 is 0 Å². The van der Waals surface area contributed by atoms with Crippen LogP contribution in [0.5, 0.6) is 5.75 Å². The molecule has 0 unspecified atom stereocenters. The second-order valence-corrected chi connectivity index (χ2v) is 8.26. The number of carbonyl (C=O) groups excluding carboxylic acids is 1. The normalized spacial score (nSPS) is 29.5. The fourth-order valence-corrected chi connectivity index (χ4v) is 4.77. The van der Waals surface area contributed by atoms with Gasteiger partial charge >= 0.3 is 0 Å². The third kappa shape index (κ3) is 2.99. The van der Waals surface area contributed by atoms with Crippen LogP contribution in [0.2, 0.25) is 0 Å². The average Bonchev–Trinajstić information content (AvgIpc) is 2.69. The number of hydrogen-bond acceptors (Lipinski definition) is 2. The smallest absolute Gasteiger partial charge is 0.227 e. The summed E-state index contributed by atoms with van der Waals surface area (Å²) in [5.74, 6) is 1.11. The molecule has 3 heteroatoms. The van der Waals surface area contributed by atoms with Crippen molar-refractivity contribution in [3.63, 3.8) is 0 Å². The summed E-state index contributed by atoms with van der Waals surface area (Å²) in [6, 6.07) is 8.26. The van der Waals surface area contributed by atoms with E-state index >= 15 is 0 Å². The summed E-state index contributed by atoms with van der Waals surface area (Å²) in [4.78, 5) is 14.9. The van der Waals surface area contributed by atoms with Gasteiger partial charge in [0.1, 0.15) is 5.75 Å². The van der Waals surface area contributed by atoms with Gasteiger partial charge in [-0.15, -0.1) is 0 Å². The highest BCUT2D eigenvalue weighted by molar-refractivity contribution is 5.79. The lowest BCUT2D eigenvalue weighted by Crippen LogP contribution is -2.38. The summed E-state index contributed by atoms with van der Waals surface area (Å²) in [6.45, 7) is 7.96. The molecule has 1 saturated carbocycles. The SMILES string of the molecule is COc1ccc(CC(=O)N2C[C@@]3(C)C[C@H]2CC(C)(C)C3)cc1. The van der Waals surface area contributed by atoms with Crippen LogP contribution in [0, 0.1) is 10.8 Å². The third-order valence-electron chi connectivity index (χ3n) is 5.25. The van der Waals surface area contributed by atoms with E-state index in [4.69, 9.17) is 4.74 Å². The van der Waals surface area contributed by atoms with Gasteiger partial charge in [-0.1, -0.05) is 32.9 Å². The van der Waals surface area contributed by atoms with Crippen molar-refractivity contribution in [2.75, 3.05) is 13.7 Å². The van der Waals surface area contributed by atoms with Gasteiger partial charge in [0.25, 0.3) is 0 Å². The van der Waals surface area contributed by atoms with Crippen LogP contribution in [0.15, 0.2) is 24.3 Å². The van der Waals surface area contributed by atoms with Gasteiger partial charge in [-0.2, -0.15) is 0 Å². The van der Waals surface area contributed by atoms with Crippen molar-refractivity contribution in [2.24, 2.45) is 10.8 Å². The number of hydrogen-bond donors (Lipinski definition) is 0. The first kappa shape index (κ1) is 15.4. The van der Waals surface area contributed by atoms with E-state index in [9.17, 15) is 4.79 Å². The fraction of sp³-hybridized carbons (Fsp3) is 0.632. The molecule has 1 aliphatic heterocycles. The van der Waals surface area contributed by atoms with E-state index in [0.717, 1.165) is 24.3 Å². The van der Waals surface area contributed by atoms with E-state index in [1.807, 2.05) is 24.3 Å². The van der Waals surface area contributed by atoms with Crippen molar-refractivity contribution >= 4 is 5.91 Å². The lowest BCUT2D eigenvalue weighted by Gasteiger charge is -2.39. The standard InChI is InChI=1S/C19H27NO2/c1-18(2)10-15-11-19(3,12-18)13-20(15)17(21)9-14-5-7-16(22-4)8-6-14/h5-8,15H,9-13H2,1-4H3/t15-,19+/m1/s1. The molecule has 1 aliphatic carbocycles. The predicted octanol–water partition coefficient (Wildman–Crippen LogP) is 3.66. The molecule has 3 nitrogen and oxygen atoms in total. The molecular formula is C19H27NO2. The summed E-state index contributed by atoms with van der Waals surface area (Å²) >= 11 is 0. The van der Waals surface area contributed by atoms with E-state index in [0.29, 0.717) is 23.3 Å². The first-order chi connectivity index (χ1) is 10.3. The zero-order valence-corrected chi connectivity index (χ0v) is 14.2. The number of carbonyl (C=O) groups is 1. The van der Waals surface area contributed by atoms with Gasteiger partial charge in [-0.05, 0) is 47.8 Å². The summed E-state index contributed by atoms with van der Waals surface area (Å²) in [5.41, 5.74) is 1.73. The molecule has 2 atom stereocenters. The Morgan fingerprint density at radius 3 is 2.55 bits per heavy atom. The first-order valence-corrected chi connectivity index (χ1v) is 8.23. The van der Waals surface area contributed by atoms with Gasteiger partial charge in [-0.25, -0.2) is 0 Å². The Hall–Kier alpha value is -1.51. The van der Waals surface area contributed by atoms with Crippen molar-refractivity contribution in [3.05, 3.63) is 29.8 Å². The van der Waals surface area contributed by atoms with Crippen LogP contribution < -0.4 is 4.74 Å². The highest BCUT2D eigenvalue weighted by Gasteiger charge is 2.50. The molecule has 3 rings (SSSR count). The maximum absolute atomic E-state index is 12.8. The lowest BCUT2D eigenvalue weighted by molar-refractivity contribution is -0.131. The molecule has 1 saturated heterocycles. The Kier molecular flexibility index (Phi) is 3.70. The maximum atomic E-state index is 12.8. The van der Waals surface area contributed by atoms with Gasteiger partial charge in [0.2, 0.25) is 5.91 Å². The first-order valence-electron chi connectivity index (χ1n) is 8.23. The fourth-order valence-electron chi connectivity index (χ4n) is 4.77. The van der Waals surface area contributed by atoms with E-state index in [2.05, 4.69) is 25.7 Å². The molecule has 2 aliphatic rings. The Balaban J connectivity index is 1.70. The molecule has 0 radical (unpaired) electrons.